The lowest BCUT2D eigenvalue weighted by Crippen LogP contribution is -2.49. The minimum Gasteiger partial charge on any atom is -0.365 e. The van der Waals surface area contributed by atoms with Gasteiger partial charge in [-0.15, -0.1) is 0 Å². The van der Waals surface area contributed by atoms with Gasteiger partial charge in [0.05, 0.1) is 18.6 Å². The van der Waals surface area contributed by atoms with Crippen LogP contribution in [0.25, 0.3) is 11.1 Å². The van der Waals surface area contributed by atoms with Crippen molar-refractivity contribution in [2.75, 3.05) is 33.1 Å². The van der Waals surface area contributed by atoms with Crippen molar-refractivity contribution in [3.63, 3.8) is 0 Å². The number of nitrogens with one attached hydrogen (secondary N) is 3. The van der Waals surface area contributed by atoms with Crippen LogP contribution < -0.4 is 25.2 Å². The van der Waals surface area contributed by atoms with Crippen molar-refractivity contribution in [2.24, 2.45) is 7.05 Å². The van der Waals surface area contributed by atoms with E-state index in [9.17, 15) is 18.5 Å². The van der Waals surface area contributed by atoms with Crippen molar-refractivity contribution in [2.45, 2.75) is 50.9 Å². The number of rotatable bonds is 12. The normalized spacial score (nSPS) is 15.7. The Bertz CT molecular complexity index is 2150. The maximum absolute atomic E-state index is 13.8. The SMILES string of the molecule is CN(c1ncccc1CNc1nc(N[C@H]2CC[C@H](N(C(=O)NCc3ccccc3)c3ccc(-c4cnn(C)c4)cn3)CC2)ncc1C#N)S(C)(=O)=O. The zero-order valence-electron chi connectivity index (χ0n) is 29.1. The van der Waals surface area contributed by atoms with Crippen molar-refractivity contribution >= 4 is 39.5 Å². The lowest BCUT2D eigenvalue weighted by atomic mass is 9.90. The highest BCUT2D eigenvalue weighted by atomic mass is 32.2. The summed E-state index contributed by atoms with van der Waals surface area (Å²) in [5, 5.41) is 23.6. The van der Waals surface area contributed by atoms with Gasteiger partial charge in [-0.05, 0) is 49.4 Å². The Morgan fingerprint density at radius 3 is 2.42 bits per heavy atom. The minimum atomic E-state index is -3.53. The first-order chi connectivity index (χ1) is 25.1. The second-order valence-electron chi connectivity index (χ2n) is 12.6. The quantitative estimate of drug-likeness (QED) is 0.162. The van der Waals surface area contributed by atoms with Gasteiger partial charge in [0, 0.05) is 74.5 Å². The standard InChI is InChI=1S/C36H40N12O3S/c1-46-24-29(23-43-46)26-11-16-32(39-20-26)48(36(49)42-19-25-8-5-4-6-9-25)31-14-12-30(13-15-31)44-35-41-22-28(18-37)33(45-35)40-21-27-10-7-17-38-34(27)47(2)52(3,50)51/h4-11,16-17,20,22-24,30-31H,12-15,19,21H2,1-3H3,(H,42,49)(H2,40,41,44,45)/t30-,31-. The summed E-state index contributed by atoms with van der Waals surface area (Å²) in [6.45, 7) is 0.572. The molecule has 0 bridgehead atoms. The molecule has 1 aliphatic rings. The largest absolute Gasteiger partial charge is 0.365 e. The molecule has 0 radical (unpaired) electrons. The molecular formula is C36H40N12O3S. The van der Waals surface area contributed by atoms with Gasteiger partial charge < -0.3 is 16.0 Å². The zero-order chi connectivity index (χ0) is 36.7. The van der Waals surface area contributed by atoms with Crippen molar-refractivity contribution in [1.82, 2.24) is 35.0 Å². The smallest absolute Gasteiger partial charge is 0.323 e. The van der Waals surface area contributed by atoms with Crippen molar-refractivity contribution in [3.05, 3.63) is 102 Å². The van der Waals surface area contributed by atoms with E-state index in [0.29, 0.717) is 42.5 Å². The van der Waals surface area contributed by atoms with Crippen LogP contribution in [0.5, 0.6) is 0 Å². The molecule has 4 heterocycles. The van der Waals surface area contributed by atoms with E-state index in [2.05, 4.69) is 42.1 Å². The van der Waals surface area contributed by atoms with E-state index in [-0.39, 0.29) is 36.0 Å². The van der Waals surface area contributed by atoms with Gasteiger partial charge in [-0.25, -0.2) is 28.2 Å². The molecule has 52 heavy (non-hydrogen) atoms. The van der Waals surface area contributed by atoms with Gasteiger partial charge in [-0.1, -0.05) is 36.4 Å². The first-order valence-electron chi connectivity index (χ1n) is 16.8. The molecule has 0 unspecified atom stereocenters. The Morgan fingerprint density at radius 2 is 1.75 bits per heavy atom. The molecule has 15 nitrogen and oxygen atoms in total. The van der Waals surface area contributed by atoms with Gasteiger partial charge in [-0.2, -0.15) is 15.3 Å². The number of hydrogen-bond donors (Lipinski definition) is 3. The summed E-state index contributed by atoms with van der Waals surface area (Å²) >= 11 is 0. The van der Waals surface area contributed by atoms with Crippen molar-refractivity contribution < 1.29 is 13.2 Å². The van der Waals surface area contributed by atoms with Gasteiger partial charge in [0.2, 0.25) is 16.0 Å². The monoisotopic (exact) mass is 720 g/mol. The maximum Gasteiger partial charge on any atom is 0.323 e. The summed E-state index contributed by atoms with van der Waals surface area (Å²) in [6.07, 6.45) is 12.5. The maximum atomic E-state index is 13.8. The molecule has 0 spiro atoms. The van der Waals surface area contributed by atoms with Crippen LogP contribution in [0.15, 0.2) is 85.6 Å². The molecule has 2 amide bonds. The van der Waals surface area contributed by atoms with Gasteiger partial charge in [0.25, 0.3) is 0 Å². The first kappa shape index (κ1) is 35.7. The van der Waals surface area contributed by atoms with Gasteiger partial charge in [-0.3, -0.25) is 13.9 Å². The lowest BCUT2D eigenvalue weighted by Gasteiger charge is -2.36. The third-order valence-electron chi connectivity index (χ3n) is 8.95. The fraction of sp³-hybridized carbons (Fsp3) is 0.306. The van der Waals surface area contributed by atoms with E-state index in [1.54, 1.807) is 34.1 Å². The molecule has 1 fully saturated rings. The average Bonchev–Trinajstić information content (AvgIpc) is 3.60. The molecule has 3 N–H and O–H groups in total. The highest BCUT2D eigenvalue weighted by Gasteiger charge is 2.31. The van der Waals surface area contributed by atoms with Crippen molar-refractivity contribution in [3.8, 4) is 17.2 Å². The Hall–Kier alpha value is -6.08. The number of carbonyl (C=O) groups is 1. The second-order valence-corrected chi connectivity index (χ2v) is 14.6. The van der Waals surface area contributed by atoms with Gasteiger partial charge in [0.15, 0.2) is 0 Å². The Morgan fingerprint density at radius 1 is 0.962 bits per heavy atom. The molecule has 1 aliphatic carbocycles. The molecule has 4 aromatic heterocycles. The predicted octanol–water partition coefficient (Wildman–Crippen LogP) is 4.69. The zero-order valence-corrected chi connectivity index (χ0v) is 30.0. The number of anilines is 4. The number of amides is 2. The molecule has 0 saturated heterocycles. The topological polar surface area (TPSA) is 187 Å². The summed E-state index contributed by atoms with van der Waals surface area (Å²) < 4.78 is 27.2. The highest BCUT2D eigenvalue weighted by Crippen LogP contribution is 2.30. The third-order valence-corrected chi connectivity index (χ3v) is 10.1. The van der Waals surface area contributed by atoms with Crippen LogP contribution in [0.3, 0.4) is 0 Å². The van der Waals surface area contributed by atoms with Crippen LogP contribution in [-0.2, 0) is 30.2 Å². The number of benzene rings is 1. The van der Waals surface area contributed by atoms with Crippen LogP contribution >= 0.6 is 0 Å². The van der Waals surface area contributed by atoms with Crippen LogP contribution in [-0.4, -0.2) is 69.6 Å². The van der Waals surface area contributed by atoms with E-state index in [4.69, 9.17) is 4.98 Å². The number of nitrogens with zero attached hydrogens (tertiary/aromatic N) is 9. The number of hydrogen-bond acceptors (Lipinski definition) is 11. The number of aryl methyl sites for hydroxylation is 1. The first-order valence-corrected chi connectivity index (χ1v) is 18.6. The minimum absolute atomic E-state index is 0.0283. The third kappa shape index (κ3) is 8.61. The summed E-state index contributed by atoms with van der Waals surface area (Å²) in [5.74, 6) is 1.52. The molecule has 16 heteroatoms. The average molecular weight is 721 g/mol. The number of urea groups is 1. The number of pyridine rings is 2. The second kappa shape index (κ2) is 15.9. The summed E-state index contributed by atoms with van der Waals surface area (Å²) in [4.78, 5) is 33.5. The molecule has 1 aromatic carbocycles. The number of aromatic nitrogens is 6. The molecule has 0 atom stereocenters. The number of nitriles is 1. The summed E-state index contributed by atoms with van der Waals surface area (Å²) in [6, 6.07) is 18.9. The predicted molar refractivity (Wildman–Crippen MR) is 199 cm³/mol. The van der Waals surface area contributed by atoms with Crippen LogP contribution in [0.2, 0.25) is 0 Å². The molecule has 6 rings (SSSR count). The number of carbonyl (C=O) groups excluding carboxylic acids is 1. The van der Waals surface area contributed by atoms with Crippen LogP contribution in [0, 0.1) is 11.3 Å². The van der Waals surface area contributed by atoms with Crippen molar-refractivity contribution in [1.29, 1.82) is 5.26 Å². The fourth-order valence-corrected chi connectivity index (χ4v) is 6.58. The van der Waals surface area contributed by atoms with E-state index in [1.807, 2.05) is 55.7 Å². The molecule has 1 saturated carbocycles. The van der Waals surface area contributed by atoms with E-state index < -0.39 is 10.0 Å². The summed E-state index contributed by atoms with van der Waals surface area (Å²) in [5.41, 5.74) is 3.72. The lowest BCUT2D eigenvalue weighted by molar-refractivity contribution is 0.240. The van der Waals surface area contributed by atoms with E-state index in [1.165, 1.54) is 19.4 Å². The Labute approximate surface area is 302 Å². The Kier molecular flexibility index (Phi) is 10.9. The van der Waals surface area contributed by atoms with Gasteiger partial charge >= 0.3 is 6.03 Å². The highest BCUT2D eigenvalue weighted by molar-refractivity contribution is 7.92. The Balaban J connectivity index is 1.13. The number of sulfonamides is 1. The van der Waals surface area contributed by atoms with Crippen LogP contribution in [0.4, 0.5) is 28.2 Å². The van der Waals surface area contributed by atoms with E-state index >= 15 is 0 Å². The molecule has 268 valence electrons. The van der Waals surface area contributed by atoms with Gasteiger partial charge in [0.1, 0.15) is 29.1 Å². The van der Waals surface area contributed by atoms with Crippen LogP contribution in [0.1, 0.15) is 42.4 Å². The molecule has 0 aliphatic heterocycles. The fourth-order valence-electron chi connectivity index (χ4n) is 6.10. The van der Waals surface area contributed by atoms with E-state index in [0.717, 1.165) is 40.1 Å². The molecule has 5 aromatic rings. The summed E-state index contributed by atoms with van der Waals surface area (Å²) in [7, 11) is -0.227. The molecular weight excluding hydrogens is 681 g/mol.